The highest BCUT2D eigenvalue weighted by Crippen LogP contribution is 1.96. The fraction of sp³-hybridized carbons (Fsp3) is 0.455. The fourth-order valence-corrected chi connectivity index (χ4v) is 1.20. The highest BCUT2D eigenvalue weighted by molar-refractivity contribution is 5.82. The van der Waals surface area contributed by atoms with Crippen LogP contribution in [0.3, 0.4) is 0 Å². The normalized spacial score (nSPS) is 10.1. The van der Waals surface area contributed by atoms with Gasteiger partial charge in [-0.3, -0.25) is 9.78 Å². The van der Waals surface area contributed by atoms with E-state index in [4.69, 9.17) is 0 Å². The van der Waals surface area contributed by atoms with E-state index >= 15 is 0 Å². The molecule has 1 rings (SSSR count). The van der Waals surface area contributed by atoms with Crippen molar-refractivity contribution in [2.45, 2.75) is 19.8 Å². The molecule has 0 saturated carbocycles. The molecule has 0 fully saturated rings. The first-order valence-electron chi connectivity index (χ1n) is 4.94. The predicted octanol–water partition coefficient (Wildman–Crippen LogP) is 1.19. The van der Waals surface area contributed by atoms with Gasteiger partial charge in [0.2, 0.25) is 0 Å². The lowest BCUT2D eigenvalue weighted by Crippen LogP contribution is -2.24. The topological polar surface area (TPSA) is 42.0 Å². The molecule has 0 atom stereocenters. The summed E-state index contributed by atoms with van der Waals surface area (Å²) in [6, 6.07) is 3.77. The van der Waals surface area contributed by atoms with Crippen molar-refractivity contribution in [3.05, 3.63) is 30.1 Å². The number of hydrogen-bond donors (Lipinski definition) is 1. The molecule has 0 radical (unpaired) electrons. The number of aromatic nitrogens is 1. The van der Waals surface area contributed by atoms with E-state index in [2.05, 4.69) is 17.2 Å². The molecule has 0 aliphatic carbocycles. The van der Waals surface area contributed by atoms with Gasteiger partial charge in [-0.15, -0.1) is 0 Å². The molecule has 0 amide bonds. The molecule has 1 aromatic heterocycles. The Morgan fingerprint density at radius 1 is 1.57 bits per heavy atom. The van der Waals surface area contributed by atoms with E-state index in [0.717, 1.165) is 18.5 Å². The summed E-state index contributed by atoms with van der Waals surface area (Å²) in [6.07, 6.45) is 4.98. The van der Waals surface area contributed by atoms with Crippen LogP contribution >= 0.6 is 0 Å². The summed E-state index contributed by atoms with van der Waals surface area (Å²) in [5.74, 6) is 0.214. The van der Waals surface area contributed by atoms with Crippen LogP contribution in [0.1, 0.15) is 18.9 Å². The van der Waals surface area contributed by atoms with Crippen LogP contribution in [0.15, 0.2) is 24.5 Å². The lowest BCUT2D eigenvalue weighted by Gasteiger charge is -2.01. The maximum Gasteiger partial charge on any atom is 0.151 e. The molecule has 1 aromatic rings. The maximum atomic E-state index is 11.4. The third-order valence-corrected chi connectivity index (χ3v) is 1.87. The van der Waals surface area contributed by atoms with Crippen LogP contribution in [-0.2, 0) is 11.2 Å². The largest absolute Gasteiger partial charge is 0.310 e. The fourth-order valence-electron chi connectivity index (χ4n) is 1.20. The van der Waals surface area contributed by atoms with Gasteiger partial charge < -0.3 is 5.32 Å². The number of rotatable bonds is 6. The van der Waals surface area contributed by atoms with E-state index < -0.39 is 0 Å². The Kier molecular flexibility index (Phi) is 4.86. The van der Waals surface area contributed by atoms with Crippen molar-refractivity contribution in [3.8, 4) is 0 Å². The van der Waals surface area contributed by atoms with Crippen molar-refractivity contribution < 1.29 is 4.79 Å². The average molecular weight is 192 g/mol. The molecule has 0 spiro atoms. The van der Waals surface area contributed by atoms with Crippen molar-refractivity contribution in [3.63, 3.8) is 0 Å². The molecule has 0 aromatic carbocycles. The molecular formula is C11H16N2O. The molecule has 1 heterocycles. The summed E-state index contributed by atoms with van der Waals surface area (Å²) in [7, 11) is 0. The molecule has 0 aliphatic rings. The van der Waals surface area contributed by atoms with Crippen LogP contribution in [-0.4, -0.2) is 23.9 Å². The van der Waals surface area contributed by atoms with Crippen LogP contribution in [0.5, 0.6) is 0 Å². The summed E-state index contributed by atoms with van der Waals surface area (Å²) in [5, 5.41) is 3.09. The summed E-state index contributed by atoms with van der Waals surface area (Å²) >= 11 is 0. The first-order chi connectivity index (χ1) is 6.83. The lowest BCUT2D eigenvalue weighted by atomic mass is 10.1. The highest BCUT2D eigenvalue weighted by Gasteiger charge is 2.02. The Balaban J connectivity index is 2.27. The molecule has 76 valence electrons. The predicted molar refractivity (Wildman–Crippen MR) is 56.1 cm³/mol. The third kappa shape index (κ3) is 4.14. The van der Waals surface area contributed by atoms with Crippen molar-refractivity contribution in [2.24, 2.45) is 0 Å². The van der Waals surface area contributed by atoms with Gasteiger partial charge in [0.15, 0.2) is 5.78 Å². The van der Waals surface area contributed by atoms with Gasteiger partial charge in [-0.25, -0.2) is 0 Å². The van der Waals surface area contributed by atoms with Crippen LogP contribution in [0.25, 0.3) is 0 Å². The molecule has 1 N–H and O–H groups in total. The first kappa shape index (κ1) is 10.9. The van der Waals surface area contributed by atoms with Gasteiger partial charge in [0.05, 0.1) is 6.54 Å². The van der Waals surface area contributed by atoms with Gasteiger partial charge >= 0.3 is 0 Å². The van der Waals surface area contributed by atoms with E-state index in [1.807, 2.05) is 12.1 Å². The van der Waals surface area contributed by atoms with Gasteiger partial charge in [-0.1, -0.05) is 13.0 Å². The number of Topliss-reactive ketones (excluding diaryl/α,β-unsaturated/α-hetero) is 1. The zero-order chi connectivity index (χ0) is 10.2. The minimum absolute atomic E-state index is 0.214. The molecule has 14 heavy (non-hydrogen) atoms. The zero-order valence-electron chi connectivity index (χ0n) is 8.49. The van der Waals surface area contributed by atoms with E-state index in [9.17, 15) is 4.79 Å². The van der Waals surface area contributed by atoms with Gasteiger partial charge in [0.25, 0.3) is 0 Å². The second-order valence-electron chi connectivity index (χ2n) is 3.25. The molecular weight excluding hydrogens is 176 g/mol. The van der Waals surface area contributed by atoms with Crippen molar-refractivity contribution in [1.82, 2.24) is 10.3 Å². The smallest absolute Gasteiger partial charge is 0.151 e. The minimum Gasteiger partial charge on any atom is -0.310 e. The number of hydrogen-bond acceptors (Lipinski definition) is 3. The molecule has 0 bridgehead atoms. The maximum absolute atomic E-state index is 11.4. The van der Waals surface area contributed by atoms with E-state index in [1.165, 1.54) is 0 Å². The average Bonchev–Trinajstić information content (AvgIpc) is 2.20. The second kappa shape index (κ2) is 6.27. The number of ketones is 1. The van der Waals surface area contributed by atoms with Crippen LogP contribution in [0.4, 0.5) is 0 Å². The zero-order valence-corrected chi connectivity index (χ0v) is 8.49. The standard InChI is InChI=1S/C11H16N2O/c1-2-5-12-9-11(14)7-10-4-3-6-13-8-10/h3-4,6,8,12H,2,5,7,9H2,1H3. The second-order valence-corrected chi connectivity index (χ2v) is 3.25. The Morgan fingerprint density at radius 2 is 2.43 bits per heavy atom. The van der Waals surface area contributed by atoms with Gasteiger partial charge in [-0.2, -0.15) is 0 Å². The summed E-state index contributed by atoms with van der Waals surface area (Å²) < 4.78 is 0. The van der Waals surface area contributed by atoms with Crippen molar-refractivity contribution in [1.29, 1.82) is 0 Å². The third-order valence-electron chi connectivity index (χ3n) is 1.87. The van der Waals surface area contributed by atoms with Gasteiger partial charge in [-0.05, 0) is 24.6 Å². The van der Waals surface area contributed by atoms with E-state index in [0.29, 0.717) is 13.0 Å². The molecule has 0 saturated heterocycles. The lowest BCUT2D eigenvalue weighted by molar-refractivity contribution is -0.117. The number of nitrogens with one attached hydrogen (secondary N) is 1. The van der Waals surface area contributed by atoms with Crippen molar-refractivity contribution >= 4 is 5.78 Å². The Hall–Kier alpha value is -1.22. The number of carbonyl (C=O) groups excluding carboxylic acids is 1. The number of pyridine rings is 1. The quantitative estimate of drug-likeness (QED) is 0.688. The SMILES string of the molecule is CCCNCC(=O)Cc1cccnc1. The molecule has 3 heteroatoms. The van der Waals surface area contributed by atoms with Crippen molar-refractivity contribution in [2.75, 3.05) is 13.1 Å². The van der Waals surface area contributed by atoms with Crippen LogP contribution in [0.2, 0.25) is 0 Å². The van der Waals surface area contributed by atoms with Gasteiger partial charge in [0.1, 0.15) is 0 Å². The molecule has 0 aliphatic heterocycles. The van der Waals surface area contributed by atoms with Crippen LogP contribution < -0.4 is 5.32 Å². The Bertz CT molecular complexity index is 272. The van der Waals surface area contributed by atoms with E-state index in [1.54, 1.807) is 12.4 Å². The minimum atomic E-state index is 0.214. The number of carbonyl (C=O) groups is 1. The summed E-state index contributed by atoms with van der Waals surface area (Å²) in [4.78, 5) is 15.4. The summed E-state index contributed by atoms with van der Waals surface area (Å²) in [6.45, 7) is 3.44. The molecule has 0 unspecified atom stereocenters. The Labute approximate surface area is 84.6 Å². The first-order valence-corrected chi connectivity index (χ1v) is 4.94. The van der Waals surface area contributed by atoms with Gasteiger partial charge in [0, 0.05) is 18.8 Å². The molecule has 3 nitrogen and oxygen atoms in total. The highest BCUT2D eigenvalue weighted by atomic mass is 16.1. The number of nitrogens with zero attached hydrogens (tertiary/aromatic N) is 1. The van der Waals surface area contributed by atoms with Crippen LogP contribution in [0, 0.1) is 0 Å². The van der Waals surface area contributed by atoms with E-state index in [-0.39, 0.29) is 5.78 Å². The Morgan fingerprint density at radius 3 is 3.07 bits per heavy atom. The summed E-state index contributed by atoms with van der Waals surface area (Å²) in [5.41, 5.74) is 0.982. The monoisotopic (exact) mass is 192 g/mol.